The summed E-state index contributed by atoms with van der Waals surface area (Å²) in [5, 5.41) is 12.3. The molecule has 0 radical (unpaired) electrons. The maximum absolute atomic E-state index is 11.9. The molecule has 1 rings (SSSR count). The van der Waals surface area contributed by atoms with E-state index < -0.39 is 5.54 Å². The van der Waals surface area contributed by atoms with Gasteiger partial charge >= 0.3 is 6.03 Å². The summed E-state index contributed by atoms with van der Waals surface area (Å²) in [6.07, 6.45) is 1.95. The van der Waals surface area contributed by atoms with Crippen molar-refractivity contribution in [2.45, 2.75) is 45.1 Å². The SMILES string of the molecule is CCC(CC)(CO)NC(=O)CCCN1C(=O)CN(C)C1=O. The molecule has 0 aromatic rings. The van der Waals surface area contributed by atoms with Gasteiger partial charge in [0.25, 0.3) is 0 Å². The number of urea groups is 1. The van der Waals surface area contributed by atoms with E-state index in [1.807, 2.05) is 13.8 Å². The summed E-state index contributed by atoms with van der Waals surface area (Å²) in [4.78, 5) is 37.7. The number of imide groups is 1. The van der Waals surface area contributed by atoms with E-state index in [0.29, 0.717) is 19.3 Å². The zero-order chi connectivity index (χ0) is 16.0. The van der Waals surface area contributed by atoms with E-state index in [9.17, 15) is 19.5 Å². The molecule has 0 saturated carbocycles. The van der Waals surface area contributed by atoms with E-state index in [4.69, 9.17) is 0 Å². The molecule has 0 bridgehead atoms. The lowest BCUT2D eigenvalue weighted by Gasteiger charge is -2.30. The number of aliphatic hydroxyl groups is 1. The molecule has 1 saturated heterocycles. The van der Waals surface area contributed by atoms with E-state index in [2.05, 4.69) is 5.32 Å². The molecule has 2 N–H and O–H groups in total. The van der Waals surface area contributed by atoms with Gasteiger partial charge in [-0.1, -0.05) is 13.8 Å². The number of nitrogens with one attached hydrogen (secondary N) is 1. The van der Waals surface area contributed by atoms with E-state index in [1.54, 1.807) is 7.05 Å². The van der Waals surface area contributed by atoms with Crippen LogP contribution in [0.3, 0.4) is 0 Å². The highest BCUT2D eigenvalue weighted by molar-refractivity contribution is 6.01. The van der Waals surface area contributed by atoms with Crippen molar-refractivity contribution in [3.05, 3.63) is 0 Å². The lowest BCUT2D eigenvalue weighted by molar-refractivity contribution is -0.127. The van der Waals surface area contributed by atoms with Crippen LogP contribution in [0.2, 0.25) is 0 Å². The average molecular weight is 299 g/mol. The highest BCUT2D eigenvalue weighted by Gasteiger charge is 2.33. The molecule has 1 fully saturated rings. The van der Waals surface area contributed by atoms with Gasteiger partial charge in [-0.2, -0.15) is 0 Å². The van der Waals surface area contributed by atoms with Crippen LogP contribution < -0.4 is 5.32 Å². The first-order valence-corrected chi connectivity index (χ1v) is 7.36. The molecular formula is C14H25N3O4. The smallest absolute Gasteiger partial charge is 0.326 e. The van der Waals surface area contributed by atoms with Crippen molar-refractivity contribution in [1.29, 1.82) is 0 Å². The van der Waals surface area contributed by atoms with Gasteiger partial charge in [-0.25, -0.2) is 4.79 Å². The second kappa shape index (κ2) is 7.40. The summed E-state index contributed by atoms with van der Waals surface area (Å²) < 4.78 is 0. The largest absolute Gasteiger partial charge is 0.394 e. The Labute approximate surface area is 125 Å². The number of carbonyl (C=O) groups is 3. The van der Waals surface area contributed by atoms with Crippen molar-refractivity contribution in [2.75, 3.05) is 26.7 Å². The number of carbonyl (C=O) groups excluding carboxylic acids is 3. The molecule has 4 amide bonds. The lowest BCUT2D eigenvalue weighted by atomic mass is 9.93. The van der Waals surface area contributed by atoms with Gasteiger partial charge in [0.05, 0.1) is 12.1 Å². The fraction of sp³-hybridized carbons (Fsp3) is 0.786. The summed E-state index contributed by atoms with van der Waals surface area (Å²) >= 11 is 0. The Morgan fingerprint density at radius 1 is 1.33 bits per heavy atom. The first-order valence-electron chi connectivity index (χ1n) is 7.36. The van der Waals surface area contributed by atoms with Crippen LogP contribution in [0.4, 0.5) is 4.79 Å². The number of nitrogens with zero attached hydrogens (tertiary/aromatic N) is 2. The van der Waals surface area contributed by atoms with Crippen LogP contribution in [-0.2, 0) is 9.59 Å². The Bertz CT molecular complexity index is 399. The van der Waals surface area contributed by atoms with Gasteiger partial charge in [-0.3, -0.25) is 14.5 Å². The quantitative estimate of drug-likeness (QED) is 0.632. The monoisotopic (exact) mass is 299 g/mol. The summed E-state index contributed by atoms with van der Waals surface area (Å²) in [5.41, 5.74) is -0.573. The second-order valence-corrected chi connectivity index (χ2v) is 5.48. The minimum Gasteiger partial charge on any atom is -0.394 e. The Balaban J connectivity index is 2.40. The molecule has 0 aromatic carbocycles. The first kappa shape index (κ1) is 17.4. The fourth-order valence-corrected chi connectivity index (χ4v) is 2.33. The second-order valence-electron chi connectivity index (χ2n) is 5.48. The normalized spacial score (nSPS) is 15.8. The Morgan fingerprint density at radius 2 is 1.95 bits per heavy atom. The minimum absolute atomic E-state index is 0.0976. The van der Waals surface area contributed by atoms with Gasteiger partial charge < -0.3 is 15.3 Å². The highest BCUT2D eigenvalue weighted by Crippen LogP contribution is 2.15. The van der Waals surface area contributed by atoms with E-state index in [1.165, 1.54) is 9.80 Å². The van der Waals surface area contributed by atoms with E-state index >= 15 is 0 Å². The third kappa shape index (κ3) is 4.17. The van der Waals surface area contributed by atoms with Crippen molar-refractivity contribution < 1.29 is 19.5 Å². The molecule has 7 nitrogen and oxygen atoms in total. The number of hydrogen-bond acceptors (Lipinski definition) is 4. The Kier molecular flexibility index (Phi) is 6.14. The van der Waals surface area contributed by atoms with E-state index in [-0.39, 0.29) is 44.0 Å². The molecule has 1 aliphatic rings. The van der Waals surface area contributed by atoms with Crippen LogP contribution in [0.1, 0.15) is 39.5 Å². The third-order valence-corrected chi connectivity index (χ3v) is 4.08. The standard InChI is InChI=1S/C14H25N3O4/c1-4-14(5-2,10-18)15-11(19)7-6-8-17-12(20)9-16(3)13(17)21/h18H,4-10H2,1-3H3,(H,15,19). The molecule has 21 heavy (non-hydrogen) atoms. The number of aliphatic hydroxyl groups excluding tert-OH is 1. The van der Waals surface area contributed by atoms with Gasteiger partial charge in [-0.05, 0) is 19.3 Å². The maximum Gasteiger partial charge on any atom is 0.326 e. The highest BCUT2D eigenvalue weighted by atomic mass is 16.3. The number of likely N-dealkylation sites (N-methyl/N-ethyl adjacent to an activating group) is 1. The van der Waals surface area contributed by atoms with Crippen LogP contribution in [0.15, 0.2) is 0 Å². The topological polar surface area (TPSA) is 89.9 Å². The fourth-order valence-electron chi connectivity index (χ4n) is 2.33. The Hall–Kier alpha value is -1.63. The van der Waals surface area contributed by atoms with Crippen LogP contribution in [0, 0.1) is 0 Å². The van der Waals surface area contributed by atoms with Crippen LogP contribution in [0.5, 0.6) is 0 Å². The van der Waals surface area contributed by atoms with Gasteiger partial charge in [0.1, 0.15) is 6.54 Å². The van der Waals surface area contributed by atoms with Crippen molar-refractivity contribution in [1.82, 2.24) is 15.1 Å². The zero-order valence-corrected chi connectivity index (χ0v) is 13.0. The minimum atomic E-state index is -0.573. The molecule has 1 aliphatic heterocycles. The van der Waals surface area contributed by atoms with Gasteiger partial charge in [0, 0.05) is 20.0 Å². The molecule has 0 atom stereocenters. The van der Waals surface area contributed by atoms with Gasteiger partial charge in [0.15, 0.2) is 0 Å². The van der Waals surface area contributed by atoms with Gasteiger partial charge in [-0.15, -0.1) is 0 Å². The van der Waals surface area contributed by atoms with E-state index in [0.717, 1.165) is 0 Å². The lowest BCUT2D eigenvalue weighted by Crippen LogP contribution is -2.50. The van der Waals surface area contributed by atoms with Crippen LogP contribution in [0.25, 0.3) is 0 Å². The summed E-state index contributed by atoms with van der Waals surface area (Å²) in [7, 11) is 1.57. The number of hydrogen-bond donors (Lipinski definition) is 2. The molecule has 0 unspecified atom stereocenters. The first-order chi connectivity index (χ1) is 9.89. The molecule has 120 valence electrons. The Morgan fingerprint density at radius 3 is 2.38 bits per heavy atom. The maximum atomic E-state index is 11.9. The van der Waals surface area contributed by atoms with Crippen molar-refractivity contribution >= 4 is 17.8 Å². The van der Waals surface area contributed by atoms with Crippen LogP contribution in [-0.4, -0.2) is 65.0 Å². The number of rotatable bonds is 8. The molecule has 7 heteroatoms. The van der Waals surface area contributed by atoms with Crippen molar-refractivity contribution in [3.8, 4) is 0 Å². The average Bonchev–Trinajstić information content (AvgIpc) is 2.71. The third-order valence-electron chi connectivity index (χ3n) is 4.08. The zero-order valence-electron chi connectivity index (χ0n) is 13.0. The van der Waals surface area contributed by atoms with Crippen molar-refractivity contribution in [2.24, 2.45) is 0 Å². The number of amides is 4. The van der Waals surface area contributed by atoms with Crippen LogP contribution >= 0.6 is 0 Å². The van der Waals surface area contributed by atoms with Gasteiger partial charge in [0.2, 0.25) is 11.8 Å². The molecule has 0 spiro atoms. The summed E-state index contributed by atoms with van der Waals surface area (Å²) in [6.45, 7) is 4.08. The predicted molar refractivity (Wildman–Crippen MR) is 77.5 cm³/mol. The molecule has 1 heterocycles. The predicted octanol–water partition coefficient (Wildman–Crippen LogP) is 0.328. The molecule has 0 aromatic heterocycles. The molecule has 0 aliphatic carbocycles. The van der Waals surface area contributed by atoms with Crippen molar-refractivity contribution in [3.63, 3.8) is 0 Å². The summed E-state index contributed by atoms with van der Waals surface area (Å²) in [6, 6.07) is -0.313. The molecular weight excluding hydrogens is 274 g/mol. The summed E-state index contributed by atoms with van der Waals surface area (Å²) in [5.74, 6) is -0.394.